The molecule has 1 heteroatoms. The van der Waals surface area contributed by atoms with Crippen molar-refractivity contribution in [3.63, 3.8) is 0 Å². The van der Waals surface area contributed by atoms with Gasteiger partial charge in [-0.25, -0.2) is 0 Å². The lowest BCUT2D eigenvalue weighted by atomic mass is 9.58. The van der Waals surface area contributed by atoms with Crippen molar-refractivity contribution in [1.29, 1.82) is 5.26 Å². The summed E-state index contributed by atoms with van der Waals surface area (Å²) in [5, 5.41) is 9.58. The van der Waals surface area contributed by atoms with Crippen molar-refractivity contribution in [3.05, 3.63) is 0 Å². The van der Waals surface area contributed by atoms with E-state index in [-0.39, 0.29) is 5.41 Å². The minimum atomic E-state index is 0.0478. The fourth-order valence-electron chi connectivity index (χ4n) is 4.73. The van der Waals surface area contributed by atoms with Crippen LogP contribution in [-0.4, -0.2) is 0 Å². The highest BCUT2D eigenvalue weighted by Gasteiger charge is 2.42. The number of unbranched alkanes of at least 4 members (excludes halogenated alkanes) is 1. The molecule has 2 aliphatic carbocycles. The topological polar surface area (TPSA) is 23.8 Å². The molecule has 0 aliphatic heterocycles. The van der Waals surface area contributed by atoms with Gasteiger partial charge in [-0.05, 0) is 56.3 Å². The van der Waals surface area contributed by atoms with Gasteiger partial charge in [-0.3, -0.25) is 0 Å². The van der Waals surface area contributed by atoms with Crippen LogP contribution in [0.2, 0.25) is 0 Å². The van der Waals surface area contributed by atoms with Gasteiger partial charge in [0.15, 0.2) is 0 Å². The van der Waals surface area contributed by atoms with E-state index in [1.54, 1.807) is 0 Å². The first-order chi connectivity index (χ1) is 9.23. The molecule has 2 aliphatic rings. The van der Waals surface area contributed by atoms with Crippen LogP contribution >= 0.6 is 0 Å². The molecule has 0 heterocycles. The highest BCUT2D eigenvalue weighted by molar-refractivity contribution is 5.04. The summed E-state index contributed by atoms with van der Waals surface area (Å²) in [5.74, 6) is 2.83. The van der Waals surface area contributed by atoms with Crippen LogP contribution in [0.5, 0.6) is 0 Å². The Morgan fingerprint density at radius 3 is 2.63 bits per heavy atom. The van der Waals surface area contributed by atoms with Gasteiger partial charge in [0.25, 0.3) is 0 Å². The zero-order valence-electron chi connectivity index (χ0n) is 13.0. The summed E-state index contributed by atoms with van der Waals surface area (Å²) in [6.07, 6.45) is 14.6. The second-order valence-corrected chi connectivity index (χ2v) is 7.23. The van der Waals surface area contributed by atoms with Crippen LogP contribution in [0, 0.1) is 34.5 Å². The molecule has 0 saturated heterocycles. The van der Waals surface area contributed by atoms with Crippen molar-refractivity contribution in [3.8, 4) is 6.07 Å². The van der Waals surface area contributed by atoms with Crippen molar-refractivity contribution in [2.75, 3.05) is 0 Å². The lowest BCUT2D eigenvalue weighted by molar-refractivity contribution is 0.0626. The van der Waals surface area contributed by atoms with E-state index in [1.165, 1.54) is 64.2 Å². The quantitative estimate of drug-likeness (QED) is 0.622. The van der Waals surface area contributed by atoms with Crippen LogP contribution in [0.4, 0.5) is 0 Å². The minimum Gasteiger partial charge on any atom is -0.198 e. The van der Waals surface area contributed by atoms with E-state index in [0.29, 0.717) is 0 Å². The molecule has 1 unspecified atom stereocenters. The average molecular weight is 261 g/mol. The van der Waals surface area contributed by atoms with Gasteiger partial charge in [0.05, 0.1) is 11.5 Å². The van der Waals surface area contributed by atoms with Gasteiger partial charge >= 0.3 is 0 Å². The molecule has 0 bridgehead atoms. The Morgan fingerprint density at radius 1 is 1.11 bits per heavy atom. The molecule has 0 spiro atoms. The first-order valence-electron chi connectivity index (χ1n) is 8.64. The van der Waals surface area contributed by atoms with Gasteiger partial charge < -0.3 is 0 Å². The first-order valence-corrected chi connectivity index (χ1v) is 8.64. The van der Waals surface area contributed by atoms with Gasteiger partial charge in [0, 0.05) is 0 Å². The van der Waals surface area contributed by atoms with Gasteiger partial charge in [0.2, 0.25) is 0 Å². The molecule has 0 radical (unpaired) electrons. The van der Waals surface area contributed by atoms with E-state index in [9.17, 15) is 5.26 Å². The second kappa shape index (κ2) is 6.78. The van der Waals surface area contributed by atoms with Gasteiger partial charge in [-0.15, -0.1) is 0 Å². The SMILES string of the molecule is CCCC[C@H]1CCC2C[C@](C#N)(CCC)CC[C@@H]2C1. The van der Waals surface area contributed by atoms with Crippen molar-refractivity contribution >= 4 is 0 Å². The molecule has 0 aromatic heterocycles. The Labute approximate surface area is 119 Å². The number of fused-ring (bicyclic) bond motifs is 1. The van der Waals surface area contributed by atoms with E-state index in [2.05, 4.69) is 19.9 Å². The fourth-order valence-corrected chi connectivity index (χ4v) is 4.73. The van der Waals surface area contributed by atoms with E-state index in [0.717, 1.165) is 24.2 Å². The highest BCUT2D eigenvalue weighted by atomic mass is 14.5. The zero-order valence-corrected chi connectivity index (χ0v) is 13.0. The van der Waals surface area contributed by atoms with E-state index < -0.39 is 0 Å². The maximum Gasteiger partial charge on any atom is 0.0689 e. The number of hydrogen-bond donors (Lipinski definition) is 0. The Hall–Kier alpha value is -0.510. The van der Waals surface area contributed by atoms with E-state index >= 15 is 0 Å². The average Bonchev–Trinajstić information content (AvgIpc) is 2.45. The third-order valence-electron chi connectivity index (χ3n) is 5.83. The summed E-state index contributed by atoms with van der Waals surface area (Å²) in [7, 11) is 0. The molecule has 108 valence electrons. The standard InChI is InChI=1S/C18H31N/c1-3-5-6-15-7-8-17-13-18(14-19,10-4-2)11-9-16(17)12-15/h15-17H,3-13H2,1-2H3/t15-,16+,17?,18-/m0/s1. The Kier molecular flexibility index (Phi) is 5.31. The van der Waals surface area contributed by atoms with Crippen molar-refractivity contribution in [2.24, 2.45) is 23.2 Å². The van der Waals surface area contributed by atoms with Crippen LogP contribution in [0.1, 0.15) is 84.5 Å². The largest absolute Gasteiger partial charge is 0.198 e. The molecule has 2 rings (SSSR count). The Bertz CT molecular complexity index is 316. The number of nitriles is 1. The summed E-state index contributed by atoms with van der Waals surface area (Å²) in [5.41, 5.74) is 0.0478. The molecule has 2 saturated carbocycles. The summed E-state index contributed by atoms with van der Waals surface area (Å²) < 4.78 is 0. The predicted molar refractivity (Wildman–Crippen MR) is 80.7 cm³/mol. The fraction of sp³-hybridized carbons (Fsp3) is 0.944. The molecule has 4 atom stereocenters. The molecule has 0 amide bonds. The number of rotatable bonds is 5. The molecule has 0 N–H and O–H groups in total. The van der Waals surface area contributed by atoms with Gasteiger partial charge in [-0.1, -0.05) is 46.0 Å². The monoisotopic (exact) mass is 261 g/mol. The molecule has 1 nitrogen and oxygen atoms in total. The molecular formula is C18H31N. The smallest absolute Gasteiger partial charge is 0.0689 e. The lowest BCUT2D eigenvalue weighted by Crippen LogP contribution is -2.36. The summed E-state index contributed by atoms with van der Waals surface area (Å²) in [6, 6.07) is 2.70. The van der Waals surface area contributed by atoms with Crippen LogP contribution in [0.25, 0.3) is 0 Å². The van der Waals surface area contributed by atoms with Crippen molar-refractivity contribution in [1.82, 2.24) is 0 Å². The normalized spacial score (nSPS) is 38.5. The summed E-state index contributed by atoms with van der Waals surface area (Å²) in [4.78, 5) is 0. The maximum absolute atomic E-state index is 9.58. The summed E-state index contributed by atoms with van der Waals surface area (Å²) in [6.45, 7) is 4.53. The molecule has 0 aromatic carbocycles. The molecular weight excluding hydrogens is 230 g/mol. The molecule has 2 fully saturated rings. The van der Waals surface area contributed by atoms with Crippen molar-refractivity contribution < 1.29 is 0 Å². The first kappa shape index (κ1) is 14.9. The number of hydrogen-bond acceptors (Lipinski definition) is 1. The summed E-state index contributed by atoms with van der Waals surface area (Å²) >= 11 is 0. The van der Waals surface area contributed by atoms with Crippen LogP contribution < -0.4 is 0 Å². The highest BCUT2D eigenvalue weighted by Crippen LogP contribution is 2.51. The van der Waals surface area contributed by atoms with Crippen molar-refractivity contribution in [2.45, 2.75) is 84.5 Å². The third-order valence-corrected chi connectivity index (χ3v) is 5.83. The third kappa shape index (κ3) is 3.53. The van der Waals surface area contributed by atoms with Gasteiger partial charge in [-0.2, -0.15) is 5.26 Å². The molecule has 0 aromatic rings. The predicted octanol–water partition coefficient (Wildman–Crippen LogP) is 5.70. The maximum atomic E-state index is 9.58. The second-order valence-electron chi connectivity index (χ2n) is 7.23. The Morgan fingerprint density at radius 2 is 1.95 bits per heavy atom. The van der Waals surface area contributed by atoms with E-state index in [4.69, 9.17) is 0 Å². The van der Waals surface area contributed by atoms with Crippen LogP contribution in [0.15, 0.2) is 0 Å². The van der Waals surface area contributed by atoms with Crippen LogP contribution in [-0.2, 0) is 0 Å². The molecule has 19 heavy (non-hydrogen) atoms. The van der Waals surface area contributed by atoms with E-state index in [1.807, 2.05) is 0 Å². The lowest BCUT2D eigenvalue weighted by Gasteiger charge is -2.45. The Balaban J connectivity index is 1.89. The minimum absolute atomic E-state index is 0.0478. The zero-order chi connectivity index (χ0) is 13.7. The van der Waals surface area contributed by atoms with Gasteiger partial charge in [0.1, 0.15) is 0 Å². The van der Waals surface area contributed by atoms with Crippen LogP contribution in [0.3, 0.4) is 0 Å². The number of nitrogens with zero attached hydrogens (tertiary/aromatic N) is 1.